The molecule has 6 heteroatoms. The highest BCUT2D eigenvalue weighted by molar-refractivity contribution is 5.78. The summed E-state index contributed by atoms with van der Waals surface area (Å²) >= 11 is 0. The van der Waals surface area contributed by atoms with E-state index < -0.39 is 12.2 Å². The Kier molecular flexibility index (Phi) is 3.82. The van der Waals surface area contributed by atoms with Gasteiger partial charge < -0.3 is 20.1 Å². The minimum Gasteiger partial charge on any atom is -0.390 e. The first kappa shape index (κ1) is 16.9. The van der Waals surface area contributed by atoms with E-state index in [-0.39, 0.29) is 17.5 Å². The van der Waals surface area contributed by atoms with Gasteiger partial charge in [-0.25, -0.2) is 9.97 Å². The highest BCUT2D eigenvalue weighted by Gasteiger charge is 2.56. The SMILES string of the molecule is Cc1ncnc2c1ccn2[C@@H]1C[C@@]2(CN[C@@H](c3ccccc3)C2)[C@@H](O)[C@H]1O. The lowest BCUT2D eigenvalue weighted by Gasteiger charge is -2.27. The van der Waals surface area contributed by atoms with Crippen LogP contribution in [0.15, 0.2) is 48.9 Å². The lowest BCUT2D eigenvalue weighted by atomic mass is 9.80. The fourth-order valence-electron chi connectivity index (χ4n) is 5.04. The molecule has 140 valence electrons. The zero-order valence-corrected chi connectivity index (χ0v) is 15.3. The summed E-state index contributed by atoms with van der Waals surface area (Å²) < 4.78 is 2.02. The second-order valence-electron chi connectivity index (χ2n) is 8.04. The first-order chi connectivity index (χ1) is 13.1. The van der Waals surface area contributed by atoms with Crippen molar-refractivity contribution in [1.82, 2.24) is 19.9 Å². The third-order valence-electron chi connectivity index (χ3n) is 6.54. The minimum atomic E-state index is -0.813. The quantitative estimate of drug-likeness (QED) is 0.649. The molecule has 2 aromatic heterocycles. The van der Waals surface area contributed by atoms with E-state index in [4.69, 9.17) is 0 Å². The maximum Gasteiger partial charge on any atom is 0.143 e. The van der Waals surface area contributed by atoms with E-state index in [1.807, 2.05) is 42.0 Å². The van der Waals surface area contributed by atoms with Crippen LogP contribution in [0.5, 0.6) is 0 Å². The van der Waals surface area contributed by atoms with Crippen LogP contribution in [0.2, 0.25) is 0 Å². The van der Waals surface area contributed by atoms with Crippen LogP contribution in [0.1, 0.15) is 36.2 Å². The minimum absolute atomic E-state index is 0.192. The number of benzene rings is 1. The number of aryl methyl sites for hydroxylation is 1. The number of aromatic nitrogens is 3. The number of hydrogen-bond donors (Lipinski definition) is 3. The second kappa shape index (κ2) is 6.12. The zero-order valence-electron chi connectivity index (χ0n) is 15.3. The summed E-state index contributed by atoms with van der Waals surface area (Å²) in [4.78, 5) is 8.68. The summed E-state index contributed by atoms with van der Waals surface area (Å²) in [5.41, 5.74) is 2.65. The summed E-state index contributed by atoms with van der Waals surface area (Å²) in [5, 5.41) is 26.4. The van der Waals surface area contributed by atoms with E-state index in [1.54, 1.807) is 6.33 Å². The summed E-state index contributed by atoms with van der Waals surface area (Å²) in [6.45, 7) is 2.66. The lowest BCUT2D eigenvalue weighted by molar-refractivity contribution is -0.0218. The standard InChI is InChI=1S/C21H24N4O2/c1-13-15-7-8-25(20(15)24-12-23-13)17-10-21(19(27)18(17)26)9-16(22-11-21)14-5-3-2-4-6-14/h2-8,12,16-19,22,26-27H,9-11H2,1H3/t16-,17-,18+,19+,21+/m1/s1. The largest absolute Gasteiger partial charge is 0.390 e. The normalized spacial score (nSPS) is 33.3. The fraction of sp³-hybridized carbons (Fsp3) is 0.429. The molecule has 2 fully saturated rings. The maximum atomic E-state index is 11.0. The van der Waals surface area contributed by atoms with Gasteiger partial charge in [0.2, 0.25) is 0 Å². The number of nitrogens with one attached hydrogen (secondary N) is 1. The van der Waals surface area contributed by atoms with Crippen molar-refractivity contribution >= 4 is 11.0 Å². The Bertz CT molecular complexity index is 973. The number of aliphatic hydroxyl groups is 2. The molecule has 1 saturated heterocycles. The summed E-state index contributed by atoms with van der Waals surface area (Å²) in [7, 11) is 0. The van der Waals surface area contributed by atoms with E-state index in [0.29, 0.717) is 6.54 Å². The van der Waals surface area contributed by atoms with Crippen molar-refractivity contribution in [2.24, 2.45) is 5.41 Å². The van der Waals surface area contributed by atoms with E-state index in [0.717, 1.165) is 29.6 Å². The van der Waals surface area contributed by atoms with Crippen molar-refractivity contribution in [3.8, 4) is 0 Å². The van der Waals surface area contributed by atoms with Crippen molar-refractivity contribution in [2.75, 3.05) is 6.54 Å². The third kappa shape index (κ3) is 2.51. The van der Waals surface area contributed by atoms with Crippen molar-refractivity contribution < 1.29 is 10.2 Å². The van der Waals surface area contributed by atoms with Crippen molar-refractivity contribution in [2.45, 2.75) is 44.1 Å². The topological polar surface area (TPSA) is 83.2 Å². The predicted molar refractivity (Wildman–Crippen MR) is 102 cm³/mol. The third-order valence-corrected chi connectivity index (χ3v) is 6.54. The molecule has 5 rings (SSSR count). The number of rotatable bonds is 2. The van der Waals surface area contributed by atoms with Gasteiger partial charge in [-0.15, -0.1) is 0 Å². The van der Waals surface area contributed by atoms with Gasteiger partial charge in [-0.05, 0) is 31.4 Å². The molecule has 1 spiro atoms. The predicted octanol–water partition coefficient (Wildman–Crippen LogP) is 2.13. The Morgan fingerprint density at radius 2 is 1.93 bits per heavy atom. The average Bonchev–Trinajstić information content (AvgIpc) is 3.37. The van der Waals surface area contributed by atoms with Crippen molar-refractivity contribution in [1.29, 1.82) is 0 Å². The molecule has 6 nitrogen and oxygen atoms in total. The van der Waals surface area contributed by atoms with Crippen LogP contribution in [0.4, 0.5) is 0 Å². The summed E-state index contributed by atoms with van der Waals surface area (Å²) in [5.74, 6) is 0. The van der Waals surface area contributed by atoms with Gasteiger partial charge in [-0.3, -0.25) is 0 Å². The first-order valence-corrected chi connectivity index (χ1v) is 9.52. The van der Waals surface area contributed by atoms with Gasteiger partial charge in [0, 0.05) is 29.6 Å². The Morgan fingerprint density at radius 3 is 2.74 bits per heavy atom. The molecule has 27 heavy (non-hydrogen) atoms. The highest BCUT2D eigenvalue weighted by atomic mass is 16.3. The Balaban J connectivity index is 1.47. The van der Waals surface area contributed by atoms with Gasteiger partial charge in [0.25, 0.3) is 0 Å². The highest BCUT2D eigenvalue weighted by Crippen LogP contribution is 2.52. The Morgan fingerprint density at radius 1 is 1.11 bits per heavy atom. The molecule has 3 aromatic rings. The molecule has 1 saturated carbocycles. The number of aliphatic hydroxyl groups excluding tert-OH is 2. The number of nitrogens with zero attached hydrogens (tertiary/aromatic N) is 3. The smallest absolute Gasteiger partial charge is 0.143 e. The molecule has 3 heterocycles. The van der Waals surface area contributed by atoms with Crippen LogP contribution in [0, 0.1) is 12.3 Å². The number of hydrogen-bond acceptors (Lipinski definition) is 5. The molecule has 3 N–H and O–H groups in total. The Hall–Kier alpha value is -2.28. The molecular weight excluding hydrogens is 340 g/mol. The molecule has 0 bridgehead atoms. The monoisotopic (exact) mass is 364 g/mol. The zero-order chi connectivity index (χ0) is 18.6. The number of fused-ring (bicyclic) bond motifs is 1. The van der Waals surface area contributed by atoms with Crippen LogP contribution < -0.4 is 5.32 Å². The van der Waals surface area contributed by atoms with E-state index >= 15 is 0 Å². The van der Waals surface area contributed by atoms with E-state index in [2.05, 4.69) is 27.4 Å². The molecular formula is C21H24N4O2. The van der Waals surface area contributed by atoms with Gasteiger partial charge in [0.15, 0.2) is 0 Å². The van der Waals surface area contributed by atoms with E-state index in [9.17, 15) is 10.2 Å². The van der Waals surface area contributed by atoms with Crippen molar-refractivity contribution in [3.63, 3.8) is 0 Å². The van der Waals surface area contributed by atoms with Crippen LogP contribution in [-0.4, -0.2) is 43.5 Å². The molecule has 0 unspecified atom stereocenters. The van der Waals surface area contributed by atoms with Crippen LogP contribution in [0.3, 0.4) is 0 Å². The fourth-order valence-corrected chi connectivity index (χ4v) is 5.04. The van der Waals surface area contributed by atoms with Crippen molar-refractivity contribution in [3.05, 3.63) is 60.2 Å². The molecule has 0 amide bonds. The van der Waals surface area contributed by atoms with Crippen LogP contribution in [-0.2, 0) is 0 Å². The molecule has 1 aliphatic heterocycles. The van der Waals surface area contributed by atoms with Gasteiger partial charge in [0.05, 0.1) is 17.8 Å². The summed E-state index contributed by atoms with van der Waals surface area (Å²) in [6, 6.07) is 12.3. The van der Waals surface area contributed by atoms with Gasteiger partial charge in [-0.1, -0.05) is 30.3 Å². The van der Waals surface area contributed by atoms with Gasteiger partial charge in [-0.2, -0.15) is 0 Å². The van der Waals surface area contributed by atoms with Crippen LogP contribution in [0.25, 0.3) is 11.0 Å². The van der Waals surface area contributed by atoms with E-state index in [1.165, 1.54) is 5.56 Å². The maximum absolute atomic E-state index is 11.0. The van der Waals surface area contributed by atoms with Gasteiger partial charge >= 0.3 is 0 Å². The molecule has 2 aliphatic rings. The molecule has 0 radical (unpaired) electrons. The lowest BCUT2D eigenvalue weighted by Crippen LogP contribution is -2.38. The van der Waals surface area contributed by atoms with Gasteiger partial charge in [0.1, 0.15) is 18.1 Å². The molecule has 1 aliphatic carbocycles. The molecule has 5 atom stereocenters. The Labute approximate surface area is 157 Å². The average molecular weight is 364 g/mol. The van der Waals surface area contributed by atoms with Crippen LogP contribution >= 0.6 is 0 Å². The summed E-state index contributed by atoms with van der Waals surface area (Å²) in [6.07, 6.45) is 3.49. The first-order valence-electron chi connectivity index (χ1n) is 9.52. The second-order valence-corrected chi connectivity index (χ2v) is 8.04. The molecule has 1 aromatic carbocycles.